The van der Waals surface area contributed by atoms with E-state index >= 15 is 0 Å². The van der Waals surface area contributed by atoms with Crippen LogP contribution in [0.2, 0.25) is 0 Å². The van der Waals surface area contributed by atoms with Crippen LogP contribution in [0.4, 0.5) is 5.82 Å². The zero-order valence-corrected chi connectivity index (χ0v) is 9.63. The van der Waals surface area contributed by atoms with Gasteiger partial charge in [-0.1, -0.05) is 12.1 Å². The van der Waals surface area contributed by atoms with Crippen molar-refractivity contribution < 1.29 is 5.11 Å². The Balaban J connectivity index is 2.80. The van der Waals surface area contributed by atoms with Crippen LogP contribution in [0.25, 0.3) is 0 Å². The van der Waals surface area contributed by atoms with Crippen molar-refractivity contribution in [2.75, 3.05) is 24.6 Å². The number of nitrogens with zero attached hydrogens (tertiary/aromatic N) is 2. The Morgan fingerprint density at radius 2 is 2.38 bits per heavy atom. The maximum absolute atomic E-state index is 8.94. The minimum absolute atomic E-state index is 0.00718. The van der Waals surface area contributed by atoms with Gasteiger partial charge in [-0.25, -0.2) is 4.98 Å². The zero-order chi connectivity index (χ0) is 12.0. The van der Waals surface area contributed by atoms with Crippen molar-refractivity contribution in [3.63, 3.8) is 0 Å². The molecule has 0 fully saturated rings. The lowest BCUT2D eigenvalue weighted by Gasteiger charge is -2.21. The molecule has 0 bridgehead atoms. The molecule has 0 spiro atoms. The van der Waals surface area contributed by atoms with Gasteiger partial charge in [-0.05, 0) is 18.6 Å². The topological polar surface area (TPSA) is 62.4 Å². The Hall–Kier alpha value is -1.39. The monoisotopic (exact) mass is 221 g/mol. The van der Waals surface area contributed by atoms with Crippen LogP contribution in [0.5, 0.6) is 0 Å². The van der Waals surface area contributed by atoms with Crippen molar-refractivity contribution in [1.82, 2.24) is 4.98 Å². The van der Waals surface area contributed by atoms with E-state index < -0.39 is 0 Å². The quantitative estimate of drug-likeness (QED) is 0.706. The maximum Gasteiger partial charge on any atom is 0.128 e. The molecule has 1 atom stereocenters. The number of aliphatic hydroxyl groups is 1. The fourth-order valence-electron chi connectivity index (χ4n) is 1.43. The second kappa shape index (κ2) is 6.25. The lowest BCUT2D eigenvalue weighted by Crippen LogP contribution is -2.27. The number of nitrogens with two attached hydrogens (primary N) is 1. The molecule has 0 saturated carbocycles. The highest BCUT2D eigenvalue weighted by molar-refractivity contribution is 5.40. The second-order valence-corrected chi connectivity index (χ2v) is 3.70. The van der Waals surface area contributed by atoms with Gasteiger partial charge in [0.15, 0.2) is 0 Å². The molecule has 0 saturated heterocycles. The fourth-order valence-corrected chi connectivity index (χ4v) is 1.43. The summed E-state index contributed by atoms with van der Waals surface area (Å²) in [6, 6.07) is 3.87. The molecule has 3 N–H and O–H groups in total. The van der Waals surface area contributed by atoms with Crippen LogP contribution in [-0.4, -0.2) is 29.8 Å². The van der Waals surface area contributed by atoms with Crippen LogP contribution in [0.1, 0.15) is 18.5 Å². The van der Waals surface area contributed by atoms with Gasteiger partial charge in [0.05, 0.1) is 6.61 Å². The van der Waals surface area contributed by atoms with E-state index in [9.17, 15) is 0 Å². The average Bonchev–Trinajstić information content (AvgIpc) is 2.29. The van der Waals surface area contributed by atoms with Crippen LogP contribution in [0.3, 0.4) is 0 Å². The largest absolute Gasteiger partial charge is 0.395 e. The summed E-state index contributed by atoms with van der Waals surface area (Å²) in [4.78, 5) is 6.28. The number of aliphatic hydroxyl groups excluding tert-OH is 1. The van der Waals surface area contributed by atoms with Crippen molar-refractivity contribution in [1.29, 1.82) is 0 Å². The summed E-state index contributed by atoms with van der Waals surface area (Å²) in [7, 11) is 0. The van der Waals surface area contributed by atoms with Gasteiger partial charge in [0.25, 0.3) is 0 Å². The van der Waals surface area contributed by atoms with Crippen LogP contribution in [-0.2, 0) is 0 Å². The smallest absolute Gasteiger partial charge is 0.128 e. The molecule has 16 heavy (non-hydrogen) atoms. The first-order chi connectivity index (χ1) is 7.69. The molecule has 1 rings (SSSR count). The third-order valence-electron chi connectivity index (χ3n) is 2.34. The van der Waals surface area contributed by atoms with E-state index in [4.69, 9.17) is 10.8 Å². The normalized spacial score (nSPS) is 12.2. The Morgan fingerprint density at radius 1 is 1.62 bits per heavy atom. The number of rotatable bonds is 6. The lowest BCUT2D eigenvalue weighted by atomic mass is 10.1. The first-order valence-electron chi connectivity index (χ1n) is 5.37. The summed E-state index contributed by atoms with van der Waals surface area (Å²) in [6.45, 7) is 6.93. The van der Waals surface area contributed by atoms with Crippen LogP contribution in [0.15, 0.2) is 31.0 Å². The Kier molecular flexibility index (Phi) is 4.95. The molecular formula is C12H19N3O. The zero-order valence-electron chi connectivity index (χ0n) is 9.63. The predicted molar refractivity (Wildman–Crippen MR) is 66.3 cm³/mol. The van der Waals surface area contributed by atoms with Crippen molar-refractivity contribution in [2.45, 2.75) is 13.0 Å². The van der Waals surface area contributed by atoms with Crippen molar-refractivity contribution in [3.8, 4) is 0 Å². The molecule has 0 aliphatic carbocycles. The van der Waals surface area contributed by atoms with E-state index in [0.29, 0.717) is 13.1 Å². The lowest BCUT2D eigenvalue weighted by molar-refractivity contribution is 0.302. The molecule has 4 nitrogen and oxygen atoms in total. The molecule has 0 radical (unpaired) electrons. The summed E-state index contributed by atoms with van der Waals surface area (Å²) >= 11 is 0. The van der Waals surface area contributed by atoms with E-state index in [1.807, 2.05) is 24.0 Å². The summed E-state index contributed by atoms with van der Waals surface area (Å²) < 4.78 is 0. The maximum atomic E-state index is 8.94. The minimum Gasteiger partial charge on any atom is -0.395 e. The highest BCUT2D eigenvalue weighted by atomic mass is 16.3. The first-order valence-corrected chi connectivity index (χ1v) is 5.37. The Labute approximate surface area is 96.4 Å². The van der Waals surface area contributed by atoms with Gasteiger partial charge in [0.1, 0.15) is 5.82 Å². The van der Waals surface area contributed by atoms with Gasteiger partial charge in [-0.15, -0.1) is 6.58 Å². The first kappa shape index (κ1) is 12.7. The van der Waals surface area contributed by atoms with E-state index in [2.05, 4.69) is 11.6 Å². The Bertz CT molecular complexity index is 322. The van der Waals surface area contributed by atoms with E-state index in [-0.39, 0.29) is 12.6 Å². The molecule has 1 unspecified atom stereocenters. The van der Waals surface area contributed by atoms with Crippen LogP contribution in [0, 0.1) is 0 Å². The summed E-state index contributed by atoms with van der Waals surface area (Å²) in [6.07, 6.45) is 3.56. The average molecular weight is 221 g/mol. The summed E-state index contributed by atoms with van der Waals surface area (Å²) in [5.74, 6) is 0.832. The molecule has 1 heterocycles. The van der Waals surface area contributed by atoms with Crippen molar-refractivity contribution in [2.24, 2.45) is 5.73 Å². The number of pyridine rings is 1. The molecule has 88 valence electrons. The molecule has 1 aromatic rings. The van der Waals surface area contributed by atoms with Crippen molar-refractivity contribution >= 4 is 5.82 Å². The van der Waals surface area contributed by atoms with Gasteiger partial charge in [-0.2, -0.15) is 0 Å². The standard InChI is InChI=1S/C12H19N3O/c1-3-6-15(7-8-16)12-5-4-11(9-14-12)10(2)13/h3-5,9-10,16H,1,6-8,13H2,2H3. The summed E-state index contributed by atoms with van der Waals surface area (Å²) in [5, 5.41) is 8.94. The predicted octanol–water partition coefficient (Wildman–Crippen LogP) is 1.09. The third kappa shape index (κ3) is 3.32. The van der Waals surface area contributed by atoms with E-state index in [1.54, 1.807) is 12.3 Å². The van der Waals surface area contributed by atoms with Crippen LogP contribution < -0.4 is 10.6 Å². The van der Waals surface area contributed by atoms with Crippen molar-refractivity contribution in [3.05, 3.63) is 36.5 Å². The fraction of sp³-hybridized carbons (Fsp3) is 0.417. The molecule has 4 heteroatoms. The second-order valence-electron chi connectivity index (χ2n) is 3.70. The van der Waals surface area contributed by atoms with Gasteiger partial charge >= 0.3 is 0 Å². The number of hydrogen-bond donors (Lipinski definition) is 2. The number of anilines is 1. The van der Waals surface area contributed by atoms with Gasteiger partial charge in [0.2, 0.25) is 0 Å². The third-order valence-corrected chi connectivity index (χ3v) is 2.34. The molecular weight excluding hydrogens is 202 g/mol. The minimum atomic E-state index is -0.00718. The highest BCUT2D eigenvalue weighted by Gasteiger charge is 2.06. The highest BCUT2D eigenvalue weighted by Crippen LogP contribution is 2.14. The number of aromatic nitrogens is 1. The van der Waals surface area contributed by atoms with E-state index in [1.165, 1.54) is 0 Å². The van der Waals surface area contributed by atoms with E-state index in [0.717, 1.165) is 11.4 Å². The van der Waals surface area contributed by atoms with Crippen LogP contribution >= 0.6 is 0 Å². The SMILES string of the molecule is C=CCN(CCO)c1ccc(C(C)N)cn1. The molecule has 0 aliphatic rings. The Morgan fingerprint density at radius 3 is 2.81 bits per heavy atom. The number of hydrogen-bond acceptors (Lipinski definition) is 4. The molecule has 0 aliphatic heterocycles. The molecule has 0 aromatic carbocycles. The molecule has 1 aromatic heterocycles. The van der Waals surface area contributed by atoms with Gasteiger partial charge in [0, 0.05) is 25.3 Å². The van der Waals surface area contributed by atoms with Gasteiger partial charge < -0.3 is 15.7 Å². The molecule has 0 amide bonds. The van der Waals surface area contributed by atoms with Gasteiger partial charge in [-0.3, -0.25) is 0 Å². The summed E-state index contributed by atoms with van der Waals surface area (Å²) in [5.41, 5.74) is 6.75.